The molecule has 1 aromatic carbocycles. The van der Waals surface area contributed by atoms with E-state index >= 15 is 0 Å². The van der Waals surface area contributed by atoms with E-state index in [1.165, 1.54) is 0 Å². The molecule has 0 aromatic heterocycles. The summed E-state index contributed by atoms with van der Waals surface area (Å²) in [6.45, 7) is 5.46. The molecule has 1 aromatic rings. The van der Waals surface area contributed by atoms with Crippen LogP contribution in [-0.4, -0.2) is 0 Å². The summed E-state index contributed by atoms with van der Waals surface area (Å²) in [5.74, 6) is 0. The Balaban J connectivity index is 3.31. The maximum absolute atomic E-state index is 9.18. The van der Waals surface area contributed by atoms with Crippen molar-refractivity contribution in [1.82, 2.24) is 0 Å². The van der Waals surface area contributed by atoms with Crippen molar-refractivity contribution < 1.29 is 0 Å². The normalized spacial score (nSPS) is 13.3. The van der Waals surface area contributed by atoms with Crippen molar-refractivity contribution in [3.8, 4) is 12.1 Å². The van der Waals surface area contributed by atoms with Crippen LogP contribution in [0.5, 0.6) is 0 Å². The predicted molar refractivity (Wildman–Crippen MR) is 58.9 cm³/mol. The van der Waals surface area contributed by atoms with Crippen LogP contribution >= 0.6 is 0 Å². The lowest BCUT2D eigenvalue weighted by Crippen LogP contribution is -2.19. The molecular formula is C13H12N2. The van der Waals surface area contributed by atoms with Crippen molar-refractivity contribution >= 4 is 0 Å². The molecule has 2 nitrogen and oxygen atoms in total. The van der Waals surface area contributed by atoms with Crippen molar-refractivity contribution in [3.63, 3.8) is 0 Å². The maximum atomic E-state index is 9.18. The molecule has 0 spiro atoms. The molecule has 0 radical (unpaired) electrons. The fraction of sp³-hybridized carbons (Fsp3) is 0.231. The molecule has 2 heteroatoms. The molecule has 0 saturated carbocycles. The Morgan fingerprint density at radius 3 is 2.60 bits per heavy atom. The Morgan fingerprint density at radius 1 is 1.40 bits per heavy atom. The van der Waals surface area contributed by atoms with Crippen molar-refractivity contribution in [1.29, 1.82) is 10.5 Å². The van der Waals surface area contributed by atoms with E-state index in [1.54, 1.807) is 18.2 Å². The van der Waals surface area contributed by atoms with Gasteiger partial charge >= 0.3 is 0 Å². The Morgan fingerprint density at radius 2 is 2.07 bits per heavy atom. The second-order valence-electron chi connectivity index (χ2n) is 3.59. The van der Waals surface area contributed by atoms with Crippen molar-refractivity contribution in [2.75, 3.05) is 0 Å². The minimum atomic E-state index is -0.659. The lowest BCUT2D eigenvalue weighted by molar-refractivity contribution is 0.620. The predicted octanol–water partition coefficient (Wildman–Crippen LogP) is 2.92. The summed E-state index contributed by atoms with van der Waals surface area (Å²) in [5, 5.41) is 18.1. The van der Waals surface area contributed by atoms with Gasteiger partial charge in [-0.2, -0.15) is 10.5 Å². The summed E-state index contributed by atoms with van der Waals surface area (Å²) in [6, 6.07) is 11.6. The fourth-order valence-electron chi connectivity index (χ4n) is 1.57. The summed E-state index contributed by atoms with van der Waals surface area (Å²) < 4.78 is 0. The van der Waals surface area contributed by atoms with E-state index < -0.39 is 5.41 Å². The molecule has 0 saturated heterocycles. The Bertz CT molecular complexity index is 448. The zero-order valence-electron chi connectivity index (χ0n) is 8.70. The summed E-state index contributed by atoms with van der Waals surface area (Å²) in [5.41, 5.74) is 0.673. The first-order valence-corrected chi connectivity index (χ1v) is 4.69. The molecule has 0 aliphatic heterocycles. The molecule has 0 amide bonds. The first kappa shape index (κ1) is 11.0. The first-order chi connectivity index (χ1) is 7.18. The van der Waals surface area contributed by atoms with Gasteiger partial charge < -0.3 is 0 Å². The van der Waals surface area contributed by atoms with Crippen LogP contribution in [0.15, 0.2) is 36.9 Å². The van der Waals surface area contributed by atoms with Crippen LogP contribution < -0.4 is 0 Å². The van der Waals surface area contributed by atoms with Crippen LogP contribution in [0.25, 0.3) is 0 Å². The van der Waals surface area contributed by atoms with Gasteiger partial charge in [0.1, 0.15) is 0 Å². The van der Waals surface area contributed by atoms with Crippen LogP contribution in [0.4, 0.5) is 0 Å². The fourth-order valence-corrected chi connectivity index (χ4v) is 1.57. The second-order valence-corrected chi connectivity index (χ2v) is 3.59. The largest absolute Gasteiger partial charge is 0.197 e. The number of nitriles is 2. The van der Waals surface area contributed by atoms with Crippen LogP contribution in [0.1, 0.15) is 24.5 Å². The Kier molecular flexibility index (Phi) is 3.26. The lowest BCUT2D eigenvalue weighted by Gasteiger charge is -2.21. The standard InChI is InChI=1S/C13H12N2/c1-3-8-13(2,10-15)12-7-5-4-6-11(12)9-14/h3-7H,1,8H2,2H3. The molecule has 1 unspecified atom stereocenters. The minimum absolute atomic E-state index is 0.544. The highest BCUT2D eigenvalue weighted by molar-refractivity contribution is 5.45. The Labute approximate surface area is 90.1 Å². The van der Waals surface area contributed by atoms with Crippen LogP contribution in [0, 0.1) is 22.7 Å². The number of hydrogen-bond donors (Lipinski definition) is 0. The molecule has 1 rings (SSSR count). The maximum Gasteiger partial charge on any atom is 0.0995 e. The van der Waals surface area contributed by atoms with E-state index in [1.807, 2.05) is 19.1 Å². The highest BCUT2D eigenvalue weighted by Crippen LogP contribution is 2.29. The quantitative estimate of drug-likeness (QED) is 0.698. The van der Waals surface area contributed by atoms with E-state index in [2.05, 4.69) is 18.7 Å². The lowest BCUT2D eigenvalue weighted by atomic mass is 9.79. The van der Waals surface area contributed by atoms with Gasteiger partial charge in [-0.05, 0) is 25.0 Å². The van der Waals surface area contributed by atoms with E-state index in [0.29, 0.717) is 12.0 Å². The zero-order valence-corrected chi connectivity index (χ0v) is 8.70. The van der Waals surface area contributed by atoms with Crippen molar-refractivity contribution in [3.05, 3.63) is 48.0 Å². The van der Waals surface area contributed by atoms with Crippen molar-refractivity contribution in [2.24, 2.45) is 0 Å². The average molecular weight is 196 g/mol. The molecule has 0 fully saturated rings. The minimum Gasteiger partial charge on any atom is -0.197 e. The van der Waals surface area contributed by atoms with Gasteiger partial charge in [-0.15, -0.1) is 6.58 Å². The summed E-state index contributed by atoms with van der Waals surface area (Å²) in [7, 11) is 0. The molecule has 0 heterocycles. The highest BCUT2D eigenvalue weighted by Gasteiger charge is 2.27. The number of rotatable bonds is 3. The average Bonchev–Trinajstić information content (AvgIpc) is 2.29. The van der Waals surface area contributed by atoms with Crippen LogP contribution in [-0.2, 0) is 5.41 Å². The van der Waals surface area contributed by atoms with Crippen LogP contribution in [0.2, 0.25) is 0 Å². The van der Waals surface area contributed by atoms with E-state index in [-0.39, 0.29) is 0 Å². The SMILES string of the molecule is C=CCC(C)(C#N)c1ccccc1C#N. The van der Waals surface area contributed by atoms with Gasteiger partial charge in [-0.1, -0.05) is 24.3 Å². The number of allylic oxidation sites excluding steroid dienone is 1. The highest BCUT2D eigenvalue weighted by atomic mass is 14.4. The molecule has 0 aliphatic carbocycles. The van der Waals surface area contributed by atoms with Gasteiger partial charge in [0.25, 0.3) is 0 Å². The third-order valence-corrected chi connectivity index (χ3v) is 2.44. The first-order valence-electron chi connectivity index (χ1n) is 4.69. The molecular weight excluding hydrogens is 184 g/mol. The summed E-state index contributed by atoms with van der Waals surface area (Å²) in [4.78, 5) is 0. The second kappa shape index (κ2) is 4.44. The monoisotopic (exact) mass is 196 g/mol. The third kappa shape index (κ3) is 2.06. The summed E-state index contributed by atoms with van der Waals surface area (Å²) >= 11 is 0. The van der Waals surface area contributed by atoms with Crippen molar-refractivity contribution in [2.45, 2.75) is 18.8 Å². The zero-order chi connectivity index (χ0) is 11.3. The van der Waals surface area contributed by atoms with Gasteiger partial charge in [0.05, 0.1) is 23.1 Å². The van der Waals surface area contributed by atoms with E-state index in [4.69, 9.17) is 5.26 Å². The van der Waals surface area contributed by atoms with E-state index in [9.17, 15) is 5.26 Å². The third-order valence-electron chi connectivity index (χ3n) is 2.44. The number of hydrogen-bond acceptors (Lipinski definition) is 2. The molecule has 1 atom stereocenters. The number of nitrogens with zero attached hydrogens (tertiary/aromatic N) is 2. The molecule has 0 aliphatic rings. The molecule has 15 heavy (non-hydrogen) atoms. The molecule has 0 N–H and O–H groups in total. The van der Waals surface area contributed by atoms with Gasteiger partial charge in [-0.25, -0.2) is 0 Å². The topological polar surface area (TPSA) is 47.6 Å². The Hall–Kier alpha value is -2.06. The molecule has 0 bridgehead atoms. The van der Waals surface area contributed by atoms with Gasteiger partial charge in [0, 0.05) is 0 Å². The van der Waals surface area contributed by atoms with Gasteiger partial charge in [-0.3, -0.25) is 0 Å². The molecule has 74 valence electrons. The smallest absolute Gasteiger partial charge is 0.0995 e. The number of benzene rings is 1. The van der Waals surface area contributed by atoms with Crippen LogP contribution in [0.3, 0.4) is 0 Å². The summed E-state index contributed by atoms with van der Waals surface area (Å²) in [6.07, 6.45) is 2.25. The van der Waals surface area contributed by atoms with Gasteiger partial charge in [0.15, 0.2) is 0 Å². The van der Waals surface area contributed by atoms with Gasteiger partial charge in [0.2, 0.25) is 0 Å². The van der Waals surface area contributed by atoms with E-state index in [0.717, 1.165) is 5.56 Å².